The first-order valence-electron chi connectivity index (χ1n) is 12.2. The van der Waals surface area contributed by atoms with Gasteiger partial charge in [0.2, 0.25) is 10.0 Å². The number of thiazole rings is 1. The molecule has 2 fully saturated rings. The fraction of sp³-hybridized carbons (Fsp3) is 0.385. The summed E-state index contributed by atoms with van der Waals surface area (Å²) in [6, 6.07) is 14.6. The monoisotopic (exact) mass is 525 g/mol. The summed E-state index contributed by atoms with van der Waals surface area (Å²) in [6.07, 6.45) is 6.41. The van der Waals surface area contributed by atoms with Gasteiger partial charge in [0.1, 0.15) is 0 Å². The maximum absolute atomic E-state index is 13.4. The summed E-state index contributed by atoms with van der Waals surface area (Å²) < 4.78 is 28.6. The zero-order valence-electron chi connectivity index (χ0n) is 19.3. The number of fused-ring (bicyclic) bond motifs is 4. The van der Waals surface area contributed by atoms with Crippen LogP contribution in [0.25, 0.3) is 11.3 Å². The van der Waals surface area contributed by atoms with Crippen molar-refractivity contribution in [2.24, 2.45) is 5.92 Å². The van der Waals surface area contributed by atoms with Crippen LogP contribution >= 0.6 is 23.1 Å². The highest BCUT2D eigenvalue weighted by Gasteiger charge is 2.39. The Kier molecular flexibility index (Phi) is 6.20. The first kappa shape index (κ1) is 23.2. The molecule has 9 heteroatoms. The minimum atomic E-state index is -3.58. The van der Waals surface area contributed by atoms with E-state index in [0.29, 0.717) is 23.2 Å². The van der Waals surface area contributed by atoms with Crippen molar-refractivity contribution in [2.45, 2.75) is 60.1 Å². The number of nitrogens with zero attached hydrogens (tertiary/aromatic N) is 2. The predicted octanol–water partition coefficient (Wildman–Crippen LogP) is 6.01. The number of nitrogens with one attached hydrogen (secondary N) is 1. The van der Waals surface area contributed by atoms with E-state index < -0.39 is 10.0 Å². The van der Waals surface area contributed by atoms with Crippen LogP contribution in [-0.4, -0.2) is 36.2 Å². The van der Waals surface area contributed by atoms with Crippen LogP contribution in [0.3, 0.4) is 0 Å². The number of benzene rings is 2. The minimum Gasteiger partial charge on any atom is -0.298 e. The molecular weight excluding hydrogens is 499 g/mol. The number of hydrogen-bond donors (Lipinski definition) is 1. The number of amides is 1. The maximum atomic E-state index is 13.4. The van der Waals surface area contributed by atoms with Crippen LogP contribution in [0.15, 0.2) is 58.3 Å². The predicted molar refractivity (Wildman–Crippen MR) is 140 cm³/mol. The SMILES string of the molecule is O=C(Nc1nc2c(s1)CSc1ccccc1-2)c1ccc(S(=O)(=O)N2CCCC3CCCCC32)cc1. The van der Waals surface area contributed by atoms with Crippen molar-refractivity contribution < 1.29 is 13.2 Å². The lowest BCUT2D eigenvalue weighted by atomic mass is 9.79. The van der Waals surface area contributed by atoms with Gasteiger partial charge in [-0.3, -0.25) is 10.1 Å². The maximum Gasteiger partial charge on any atom is 0.257 e. The van der Waals surface area contributed by atoms with E-state index in [-0.39, 0.29) is 16.8 Å². The molecule has 6 rings (SSSR count). The Labute approximate surface area is 214 Å². The molecule has 6 nitrogen and oxygen atoms in total. The minimum absolute atomic E-state index is 0.115. The molecule has 0 radical (unpaired) electrons. The third-order valence-electron chi connectivity index (χ3n) is 7.33. The Balaban J connectivity index is 1.19. The number of carbonyl (C=O) groups is 1. The van der Waals surface area contributed by atoms with Crippen LogP contribution in [0, 0.1) is 5.92 Å². The molecule has 0 bridgehead atoms. The first-order chi connectivity index (χ1) is 17.0. The summed E-state index contributed by atoms with van der Waals surface area (Å²) in [6.45, 7) is 0.585. The van der Waals surface area contributed by atoms with Gasteiger partial charge in [-0.1, -0.05) is 31.0 Å². The van der Waals surface area contributed by atoms with Gasteiger partial charge in [-0.05, 0) is 61.9 Å². The second kappa shape index (κ2) is 9.35. The van der Waals surface area contributed by atoms with Crippen LogP contribution in [0.4, 0.5) is 5.13 Å². The van der Waals surface area contributed by atoms with Gasteiger partial charge < -0.3 is 0 Å². The molecule has 1 saturated carbocycles. The van der Waals surface area contributed by atoms with Crippen LogP contribution in [0.5, 0.6) is 0 Å². The van der Waals surface area contributed by atoms with Gasteiger partial charge in [0, 0.05) is 39.2 Å². The number of thioether (sulfide) groups is 1. The summed E-state index contributed by atoms with van der Waals surface area (Å²) in [5, 5.41) is 3.47. The zero-order valence-corrected chi connectivity index (χ0v) is 21.7. The van der Waals surface area contributed by atoms with Crippen molar-refractivity contribution in [3.63, 3.8) is 0 Å². The van der Waals surface area contributed by atoms with Crippen molar-refractivity contribution in [1.82, 2.24) is 9.29 Å². The number of sulfonamides is 1. The first-order valence-corrected chi connectivity index (χ1v) is 15.4. The van der Waals surface area contributed by atoms with Gasteiger partial charge in [-0.15, -0.1) is 23.1 Å². The quantitative estimate of drug-likeness (QED) is 0.451. The summed E-state index contributed by atoms with van der Waals surface area (Å²) >= 11 is 3.27. The largest absolute Gasteiger partial charge is 0.298 e. The van der Waals surface area contributed by atoms with Gasteiger partial charge in [0.25, 0.3) is 5.91 Å². The van der Waals surface area contributed by atoms with Crippen LogP contribution in [0.2, 0.25) is 0 Å². The van der Waals surface area contributed by atoms with E-state index in [1.807, 2.05) is 12.1 Å². The molecular formula is C26H27N3O3S3. The fourth-order valence-electron chi connectivity index (χ4n) is 5.61. The summed E-state index contributed by atoms with van der Waals surface area (Å²) in [5.74, 6) is 1.03. The second-order valence-electron chi connectivity index (χ2n) is 9.42. The fourth-order valence-corrected chi connectivity index (χ4v) is 9.46. The zero-order chi connectivity index (χ0) is 24.0. The molecule has 1 aliphatic carbocycles. The van der Waals surface area contributed by atoms with Gasteiger partial charge >= 0.3 is 0 Å². The Hall–Kier alpha value is -2.20. The molecule has 1 aromatic heterocycles. The van der Waals surface area contributed by atoms with Gasteiger partial charge in [0.15, 0.2) is 5.13 Å². The third kappa shape index (κ3) is 4.33. The molecule has 1 N–H and O–H groups in total. The smallest absolute Gasteiger partial charge is 0.257 e. The summed E-state index contributed by atoms with van der Waals surface area (Å²) in [7, 11) is -3.58. The van der Waals surface area contributed by atoms with Crippen molar-refractivity contribution in [3.05, 3.63) is 59.0 Å². The van der Waals surface area contributed by atoms with Crippen LogP contribution < -0.4 is 5.32 Å². The Morgan fingerprint density at radius 1 is 1.00 bits per heavy atom. The van der Waals surface area contributed by atoms with Crippen LogP contribution in [-0.2, 0) is 15.8 Å². The van der Waals surface area contributed by atoms with Crippen molar-refractivity contribution >= 4 is 44.2 Å². The van der Waals surface area contributed by atoms with E-state index in [1.54, 1.807) is 40.3 Å². The van der Waals surface area contributed by atoms with E-state index in [0.717, 1.165) is 54.0 Å². The number of anilines is 1. The topological polar surface area (TPSA) is 79.4 Å². The molecule has 2 atom stereocenters. The van der Waals surface area contributed by atoms with Crippen molar-refractivity contribution in [1.29, 1.82) is 0 Å². The normalized spacial score (nSPS) is 22.1. The van der Waals surface area contributed by atoms with Gasteiger partial charge in [-0.2, -0.15) is 4.31 Å². The van der Waals surface area contributed by atoms with Gasteiger partial charge in [-0.25, -0.2) is 13.4 Å². The number of hydrogen-bond acceptors (Lipinski definition) is 6. The van der Waals surface area contributed by atoms with Crippen molar-refractivity contribution in [3.8, 4) is 11.3 Å². The van der Waals surface area contributed by atoms with E-state index in [9.17, 15) is 13.2 Å². The molecule has 2 aromatic carbocycles. The molecule has 0 spiro atoms. The molecule has 2 unspecified atom stereocenters. The Morgan fingerprint density at radius 3 is 2.63 bits per heavy atom. The summed E-state index contributed by atoms with van der Waals surface area (Å²) in [5.41, 5.74) is 2.45. The lowest BCUT2D eigenvalue weighted by Crippen LogP contribution is -2.49. The molecule has 2 aliphatic heterocycles. The molecule has 3 heterocycles. The highest BCUT2D eigenvalue weighted by Crippen LogP contribution is 2.44. The lowest BCUT2D eigenvalue weighted by Gasteiger charge is -2.43. The van der Waals surface area contributed by atoms with E-state index in [4.69, 9.17) is 0 Å². The number of piperidine rings is 1. The average molecular weight is 526 g/mol. The molecule has 3 aromatic rings. The van der Waals surface area contributed by atoms with E-state index in [2.05, 4.69) is 22.4 Å². The Bertz CT molecular complexity index is 1370. The average Bonchev–Trinajstić information content (AvgIpc) is 3.31. The van der Waals surface area contributed by atoms with E-state index >= 15 is 0 Å². The highest BCUT2D eigenvalue weighted by molar-refractivity contribution is 7.98. The molecule has 3 aliphatic rings. The van der Waals surface area contributed by atoms with Crippen molar-refractivity contribution in [2.75, 3.05) is 11.9 Å². The van der Waals surface area contributed by atoms with Gasteiger partial charge in [0.05, 0.1) is 10.6 Å². The molecule has 1 amide bonds. The molecule has 35 heavy (non-hydrogen) atoms. The lowest BCUT2D eigenvalue weighted by molar-refractivity contribution is 0.102. The standard InChI is InChI=1S/C26H27N3O3S3/c30-25(28-26-27-24-20-8-2-4-10-22(20)33-16-23(24)34-26)18-11-13-19(14-12-18)35(31,32)29-15-5-7-17-6-1-3-9-21(17)29/h2,4,8,10-14,17,21H,1,3,5-7,9,15-16H2,(H,27,28,30). The third-order valence-corrected chi connectivity index (χ3v) is 11.5. The Morgan fingerprint density at radius 2 is 1.77 bits per heavy atom. The highest BCUT2D eigenvalue weighted by atomic mass is 32.2. The second-order valence-corrected chi connectivity index (χ2v) is 13.4. The number of carbonyl (C=O) groups excluding carboxylic acids is 1. The number of aromatic nitrogens is 1. The van der Waals surface area contributed by atoms with E-state index in [1.165, 1.54) is 22.7 Å². The number of rotatable bonds is 4. The van der Waals surface area contributed by atoms with Crippen LogP contribution in [0.1, 0.15) is 53.8 Å². The summed E-state index contributed by atoms with van der Waals surface area (Å²) in [4.78, 5) is 20.2. The molecule has 1 saturated heterocycles. The molecule has 182 valence electrons.